The number of nitrogens with one attached hydrogen (secondary N) is 1. The fraction of sp³-hybridized carbons (Fsp3) is 0.591. The van der Waals surface area contributed by atoms with Crippen molar-refractivity contribution in [2.24, 2.45) is 0 Å². The van der Waals surface area contributed by atoms with Crippen LogP contribution in [-0.4, -0.2) is 51.5 Å². The smallest absolute Gasteiger partial charge is 0.276 e. The summed E-state index contributed by atoms with van der Waals surface area (Å²) in [5, 5.41) is 12.1. The highest BCUT2D eigenvalue weighted by molar-refractivity contribution is 5.93. The second kappa shape index (κ2) is 10.2. The van der Waals surface area contributed by atoms with Gasteiger partial charge >= 0.3 is 0 Å². The molecule has 1 aromatic carbocycles. The predicted octanol–water partition coefficient (Wildman–Crippen LogP) is 3.56. The van der Waals surface area contributed by atoms with Gasteiger partial charge in [0.05, 0.1) is 11.7 Å². The number of piperidine rings is 1. The van der Waals surface area contributed by atoms with Gasteiger partial charge < -0.3 is 10.2 Å². The lowest BCUT2D eigenvalue weighted by atomic mass is 10.1. The molecular weight excluding hydrogens is 386 g/mol. The summed E-state index contributed by atoms with van der Waals surface area (Å²) in [4.78, 5) is 15.5. The molecule has 0 radical (unpaired) electrons. The molecule has 2 aliphatic rings. The molecule has 1 saturated heterocycles. The van der Waals surface area contributed by atoms with Crippen molar-refractivity contribution in [1.29, 1.82) is 0 Å². The van der Waals surface area contributed by atoms with Crippen molar-refractivity contribution in [2.45, 2.75) is 64.0 Å². The molecular formula is C22H32ClN5O. The molecule has 1 amide bonds. The van der Waals surface area contributed by atoms with E-state index in [2.05, 4.69) is 44.8 Å². The van der Waals surface area contributed by atoms with E-state index in [0.29, 0.717) is 17.8 Å². The van der Waals surface area contributed by atoms with Crippen molar-refractivity contribution in [3.05, 3.63) is 47.3 Å². The van der Waals surface area contributed by atoms with E-state index in [-0.39, 0.29) is 18.3 Å². The van der Waals surface area contributed by atoms with Crippen LogP contribution >= 0.6 is 12.4 Å². The third kappa shape index (κ3) is 4.98. The van der Waals surface area contributed by atoms with Gasteiger partial charge in [0.1, 0.15) is 0 Å². The van der Waals surface area contributed by atoms with Crippen LogP contribution in [0.1, 0.15) is 66.3 Å². The maximum Gasteiger partial charge on any atom is 0.276 e. The molecule has 0 unspecified atom stereocenters. The van der Waals surface area contributed by atoms with Crippen molar-refractivity contribution in [3.8, 4) is 0 Å². The minimum Gasteiger partial charge on any atom is -0.334 e. The molecule has 1 aliphatic heterocycles. The van der Waals surface area contributed by atoms with Gasteiger partial charge in [-0.05, 0) is 57.7 Å². The Morgan fingerprint density at radius 1 is 1.14 bits per heavy atom. The van der Waals surface area contributed by atoms with E-state index in [1.165, 1.54) is 18.4 Å². The normalized spacial score (nSPS) is 17.8. The number of carbonyl (C=O) groups is 1. The molecule has 0 bridgehead atoms. The Balaban J connectivity index is 0.00000240. The van der Waals surface area contributed by atoms with Crippen molar-refractivity contribution in [2.75, 3.05) is 19.6 Å². The Bertz CT molecular complexity index is 782. The molecule has 1 N–H and O–H groups in total. The van der Waals surface area contributed by atoms with Gasteiger partial charge in [0.15, 0.2) is 5.69 Å². The van der Waals surface area contributed by atoms with Crippen molar-refractivity contribution in [1.82, 2.24) is 25.2 Å². The van der Waals surface area contributed by atoms with E-state index < -0.39 is 0 Å². The van der Waals surface area contributed by atoms with Crippen molar-refractivity contribution >= 4 is 18.3 Å². The molecule has 7 heteroatoms. The lowest BCUT2D eigenvalue weighted by molar-refractivity contribution is 0.0677. The van der Waals surface area contributed by atoms with Gasteiger partial charge in [0, 0.05) is 12.6 Å². The molecule has 1 aliphatic carbocycles. The second-order valence-corrected chi connectivity index (χ2v) is 8.12. The van der Waals surface area contributed by atoms with Gasteiger partial charge in [-0.3, -0.25) is 4.79 Å². The van der Waals surface area contributed by atoms with Crippen LogP contribution < -0.4 is 5.32 Å². The van der Waals surface area contributed by atoms with Gasteiger partial charge in [-0.2, -0.15) is 0 Å². The minimum absolute atomic E-state index is 0. The highest BCUT2D eigenvalue weighted by Crippen LogP contribution is 2.26. The van der Waals surface area contributed by atoms with E-state index in [1.54, 1.807) is 0 Å². The SMILES string of the molecule is Cc1c(C(=O)N(CCc2ccccc2)C2CCCC2)nnn1C1CCNCC1.Cl. The summed E-state index contributed by atoms with van der Waals surface area (Å²) < 4.78 is 1.98. The average Bonchev–Trinajstić information content (AvgIpc) is 3.39. The number of nitrogens with zero attached hydrogens (tertiary/aromatic N) is 4. The number of aromatic nitrogens is 3. The second-order valence-electron chi connectivity index (χ2n) is 8.12. The van der Waals surface area contributed by atoms with E-state index in [9.17, 15) is 4.79 Å². The standard InChI is InChI=1S/C22H31N5O.ClH/c1-17-21(24-25-27(17)20-11-14-23-15-12-20)22(28)26(19-9-5-6-10-19)16-13-18-7-3-2-4-8-18;/h2-4,7-8,19-20,23H,5-6,9-16H2,1H3;1H. The van der Waals surface area contributed by atoms with Crippen LogP contribution in [0.3, 0.4) is 0 Å². The first kappa shape index (κ1) is 21.8. The summed E-state index contributed by atoms with van der Waals surface area (Å²) in [5.41, 5.74) is 2.73. The molecule has 6 nitrogen and oxygen atoms in total. The Labute approximate surface area is 179 Å². The fourth-order valence-corrected chi connectivity index (χ4v) is 4.63. The molecule has 2 fully saturated rings. The van der Waals surface area contributed by atoms with Crippen LogP contribution in [0.15, 0.2) is 30.3 Å². The first-order valence-corrected chi connectivity index (χ1v) is 10.7. The number of hydrogen-bond donors (Lipinski definition) is 1. The Morgan fingerprint density at radius 3 is 2.52 bits per heavy atom. The van der Waals surface area contributed by atoms with Gasteiger partial charge in [0.25, 0.3) is 5.91 Å². The lowest BCUT2D eigenvalue weighted by Crippen LogP contribution is -2.40. The molecule has 158 valence electrons. The summed E-state index contributed by atoms with van der Waals surface area (Å²) in [7, 11) is 0. The number of halogens is 1. The van der Waals surface area contributed by atoms with Gasteiger partial charge in [-0.15, -0.1) is 17.5 Å². The number of carbonyl (C=O) groups excluding carboxylic acids is 1. The van der Waals surface area contributed by atoms with E-state index in [4.69, 9.17) is 0 Å². The molecule has 0 spiro atoms. The zero-order chi connectivity index (χ0) is 19.3. The monoisotopic (exact) mass is 417 g/mol. The van der Waals surface area contributed by atoms with Gasteiger partial charge in [-0.25, -0.2) is 4.68 Å². The molecule has 2 heterocycles. The zero-order valence-electron chi connectivity index (χ0n) is 17.2. The van der Waals surface area contributed by atoms with Crippen LogP contribution in [-0.2, 0) is 6.42 Å². The van der Waals surface area contributed by atoms with Crippen LogP contribution in [0.4, 0.5) is 0 Å². The number of hydrogen-bond acceptors (Lipinski definition) is 4. The third-order valence-corrected chi connectivity index (χ3v) is 6.30. The molecule has 1 saturated carbocycles. The molecule has 4 rings (SSSR count). The topological polar surface area (TPSA) is 63.1 Å². The quantitative estimate of drug-likeness (QED) is 0.780. The van der Waals surface area contributed by atoms with E-state index in [0.717, 1.165) is 57.4 Å². The van der Waals surface area contributed by atoms with Crippen LogP contribution in [0.5, 0.6) is 0 Å². The summed E-state index contributed by atoms with van der Waals surface area (Å²) in [6, 6.07) is 11.1. The molecule has 0 atom stereocenters. The Kier molecular flexibility index (Phi) is 7.67. The summed E-state index contributed by atoms with van der Waals surface area (Å²) in [5.74, 6) is 0.0560. The number of amides is 1. The Hall–Kier alpha value is -1.92. The van der Waals surface area contributed by atoms with Crippen LogP contribution in [0.25, 0.3) is 0 Å². The fourth-order valence-electron chi connectivity index (χ4n) is 4.63. The Morgan fingerprint density at radius 2 is 1.83 bits per heavy atom. The van der Waals surface area contributed by atoms with E-state index in [1.807, 2.05) is 17.7 Å². The van der Waals surface area contributed by atoms with Crippen LogP contribution in [0, 0.1) is 6.92 Å². The zero-order valence-corrected chi connectivity index (χ0v) is 18.0. The third-order valence-electron chi connectivity index (χ3n) is 6.30. The van der Waals surface area contributed by atoms with Crippen molar-refractivity contribution in [3.63, 3.8) is 0 Å². The summed E-state index contributed by atoms with van der Waals surface area (Å²) >= 11 is 0. The highest BCUT2D eigenvalue weighted by Gasteiger charge is 2.31. The first-order valence-electron chi connectivity index (χ1n) is 10.7. The van der Waals surface area contributed by atoms with E-state index >= 15 is 0 Å². The van der Waals surface area contributed by atoms with Gasteiger partial charge in [-0.1, -0.05) is 48.4 Å². The largest absolute Gasteiger partial charge is 0.334 e. The lowest BCUT2D eigenvalue weighted by Gasteiger charge is -2.29. The van der Waals surface area contributed by atoms with Gasteiger partial charge in [0.2, 0.25) is 0 Å². The molecule has 2 aromatic rings. The minimum atomic E-state index is 0. The highest BCUT2D eigenvalue weighted by atomic mass is 35.5. The average molecular weight is 418 g/mol. The molecule has 29 heavy (non-hydrogen) atoms. The first-order chi connectivity index (χ1) is 13.7. The number of rotatable bonds is 6. The maximum absolute atomic E-state index is 13.5. The summed E-state index contributed by atoms with van der Waals surface area (Å²) in [6.07, 6.45) is 7.58. The van der Waals surface area contributed by atoms with Crippen molar-refractivity contribution < 1.29 is 4.79 Å². The van der Waals surface area contributed by atoms with Crippen LogP contribution in [0.2, 0.25) is 0 Å². The molecule has 1 aromatic heterocycles. The maximum atomic E-state index is 13.5. The number of benzene rings is 1. The summed E-state index contributed by atoms with van der Waals surface area (Å²) in [6.45, 7) is 4.74. The predicted molar refractivity (Wildman–Crippen MR) is 117 cm³/mol.